The van der Waals surface area contributed by atoms with Gasteiger partial charge >= 0.3 is 29.6 Å². The molecule has 5 heteroatoms. The zero-order chi connectivity index (χ0) is 15.9. The van der Waals surface area contributed by atoms with Crippen LogP contribution in [0.1, 0.15) is 43.4 Å². The molecule has 0 radical (unpaired) electrons. The number of carbonyl (C=O) groups is 1. The van der Waals surface area contributed by atoms with Gasteiger partial charge < -0.3 is 15.4 Å². The second-order valence-electron chi connectivity index (χ2n) is 5.37. The summed E-state index contributed by atoms with van der Waals surface area (Å²) in [5.41, 5.74) is 3.53. The molecule has 0 saturated heterocycles. The standard InChI is InChI=1S/C18H20NO3.Na/c1-13(12-18(20)19-21)15-8-10-17(11-9-15)22-14(2)16-6-4-3-5-7-16;/h3-11,13-14H,12H2,1-2H3,(H-,19,20,21);/q-1;+1. The minimum absolute atomic E-state index is 0. The number of benzene rings is 2. The van der Waals surface area contributed by atoms with Crippen LogP contribution < -0.4 is 39.8 Å². The van der Waals surface area contributed by atoms with E-state index in [1.165, 1.54) is 5.48 Å². The topological polar surface area (TPSA) is 61.4 Å². The molecule has 0 aromatic heterocycles. The van der Waals surface area contributed by atoms with Crippen molar-refractivity contribution < 1.29 is 39.1 Å². The summed E-state index contributed by atoms with van der Waals surface area (Å²) in [6.07, 6.45) is 0.153. The number of rotatable bonds is 6. The third kappa shape index (κ3) is 5.99. The molecule has 23 heavy (non-hydrogen) atoms. The molecule has 0 aliphatic heterocycles. The molecule has 1 amide bonds. The Morgan fingerprint density at radius 3 is 2.22 bits per heavy atom. The average molecular weight is 321 g/mol. The summed E-state index contributed by atoms with van der Waals surface area (Å²) in [5, 5.41) is 10.3. The van der Waals surface area contributed by atoms with Crippen LogP contribution in [0.5, 0.6) is 5.75 Å². The van der Waals surface area contributed by atoms with Crippen molar-refractivity contribution in [3.8, 4) is 5.75 Å². The summed E-state index contributed by atoms with van der Waals surface area (Å²) in [4.78, 5) is 11.1. The molecule has 4 nitrogen and oxygen atoms in total. The van der Waals surface area contributed by atoms with Gasteiger partial charge in [0.05, 0.1) is 0 Å². The van der Waals surface area contributed by atoms with Gasteiger partial charge in [0.25, 0.3) is 0 Å². The fourth-order valence-corrected chi connectivity index (χ4v) is 2.31. The Morgan fingerprint density at radius 2 is 1.65 bits per heavy atom. The molecular formula is C18H20NNaO3. The molecule has 2 aromatic rings. The molecular weight excluding hydrogens is 301 g/mol. The van der Waals surface area contributed by atoms with Crippen molar-refractivity contribution >= 4 is 5.91 Å². The van der Waals surface area contributed by atoms with Crippen molar-refractivity contribution in [1.29, 1.82) is 0 Å². The van der Waals surface area contributed by atoms with E-state index in [1.54, 1.807) is 0 Å². The van der Waals surface area contributed by atoms with Gasteiger partial charge in [0, 0.05) is 6.42 Å². The second-order valence-corrected chi connectivity index (χ2v) is 5.37. The molecule has 2 rings (SSSR count). The number of amides is 1. The van der Waals surface area contributed by atoms with Crippen molar-refractivity contribution in [2.75, 3.05) is 0 Å². The maximum Gasteiger partial charge on any atom is 1.00 e. The number of nitrogens with one attached hydrogen (secondary N) is 1. The van der Waals surface area contributed by atoms with Crippen molar-refractivity contribution in [2.24, 2.45) is 0 Å². The zero-order valence-electron chi connectivity index (χ0n) is 13.8. The summed E-state index contributed by atoms with van der Waals surface area (Å²) in [7, 11) is 0. The molecule has 0 aliphatic carbocycles. The van der Waals surface area contributed by atoms with Crippen molar-refractivity contribution in [3.05, 3.63) is 70.9 Å². The first-order valence-electron chi connectivity index (χ1n) is 7.32. The molecule has 116 valence electrons. The van der Waals surface area contributed by atoms with E-state index in [9.17, 15) is 10.0 Å². The van der Waals surface area contributed by atoms with Gasteiger partial charge in [0.15, 0.2) is 0 Å². The molecule has 2 unspecified atom stereocenters. The van der Waals surface area contributed by atoms with E-state index >= 15 is 0 Å². The van der Waals surface area contributed by atoms with E-state index < -0.39 is 5.91 Å². The van der Waals surface area contributed by atoms with Gasteiger partial charge in [-0.2, -0.15) is 0 Å². The average Bonchev–Trinajstić information content (AvgIpc) is 2.56. The summed E-state index contributed by atoms with van der Waals surface area (Å²) in [6, 6.07) is 17.6. The van der Waals surface area contributed by atoms with Crippen LogP contribution in [0.3, 0.4) is 0 Å². The van der Waals surface area contributed by atoms with Crippen molar-refractivity contribution in [1.82, 2.24) is 5.48 Å². The van der Waals surface area contributed by atoms with Gasteiger partial charge in [0.2, 0.25) is 5.91 Å². The third-order valence-corrected chi connectivity index (χ3v) is 3.64. The van der Waals surface area contributed by atoms with Gasteiger partial charge in [-0.3, -0.25) is 4.79 Å². The van der Waals surface area contributed by atoms with E-state index in [1.807, 2.05) is 68.4 Å². The van der Waals surface area contributed by atoms with E-state index in [0.717, 1.165) is 16.9 Å². The van der Waals surface area contributed by atoms with Crippen molar-refractivity contribution in [3.63, 3.8) is 0 Å². The van der Waals surface area contributed by atoms with Gasteiger partial charge in [0.1, 0.15) is 11.9 Å². The van der Waals surface area contributed by atoms with E-state index in [-0.39, 0.29) is 48.0 Å². The van der Waals surface area contributed by atoms with Crippen LogP contribution in [-0.2, 0) is 4.79 Å². The molecule has 0 aliphatic rings. The van der Waals surface area contributed by atoms with Crippen LogP contribution >= 0.6 is 0 Å². The van der Waals surface area contributed by atoms with Gasteiger partial charge in [-0.25, -0.2) is 0 Å². The van der Waals surface area contributed by atoms with Gasteiger partial charge in [-0.15, -0.1) is 0 Å². The molecule has 1 N–H and O–H groups in total. The number of ether oxygens (including phenoxy) is 1. The Morgan fingerprint density at radius 1 is 1.04 bits per heavy atom. The SMILES string of the molecule is CC(CC(=O)N[O-])c1ccc(OC(C)c2ccccc2)cc1.[Na+]. The quantitative estimate of drug-likeness (QED) is 0.636. The fraction of sp³-hybridized carbons (Fsp3) is 0.278. The summed E-state index contributed by atoms with van der Waals surface area (Å²) < 4.78 is 5.91. The second kappa shape index (κ2) is 9.73. The van der Waals surface area contributed by atoms with E-state index in [4.69, 9.17) is 4.74 Å². The minimum Gasteiger partial charge on any atom is -0.759 e. The number of hydrogen-bond donors (Lipinski definition) is 1. The Labute approximate surface area is 159 Å². The first-order chi connectivity index (χ1) is 10.6. The predicted molar refractivity (Wildman–Crippen MR) is 86.5 cm³/mol. The molecule has 0 heterocycles. The summed E-state index contributed by atoms with van der Waals surface area (Å²) in [5.74, 6) is 0.278. The number of hydroxylamine groups is 1. The molecule has 2 atom stereocenters. The van der Waals surface area contributed by atoms with Crippen LogP contribution in [-0.4, -0.2) is 5.91 Å². The minimum atomic E-state index is -0.495. The van der Waals surface area contributed by atoms with E-state index in [2.05, 4.69) is 0 Å². The van der Waals surface area contributed by atoms with Crippen LogP contribution in [0, 0.1) is 5.21 Å². The molecule has 0 saturated carbocycles. The molecule has 2 aromatic carbocycles. The van der Waals surface area contributed by atoms with Crippen molar-refractivity contribution in [2.45, 2.75) is 32.3 Å². The molecule has 0 fully saturated rings. The first-order valence-corrected chi connectivity index (χ1v) is 7.32. The zero-order valence-corrected chi connectivity index (χ0v) is 15.8. The summed E-state index contributed by atoms with van der Waals surface area (Å²) >= 11 is 0. The maximum atomic E-state index is 11.1. The normalized spacial score (nSPS) is 12.7. The smallest absolute Gasteiger partial charge is 0.759 e. The van der Waals surface area contributed by atoms with Crippen LogP contribution in [0.15, 0.2) is 54.6 Å². The Hall–Kier alpha value is -1.33. The number of hydrogen-bond acceptors (Lipinski definition) is 3. The fourth-order valence-electron chi connectivity index (χ4n) is 2.31. The third-order valence-electron chi connectivity index (χ3n) is 3.64. The monoisotopic (exact) mass is 321 g/mol. The Kier molecular flexibility index (Phi) is 8.34. The first kappa shape index (κ1) is 19.7. The number of carbonyl (C=O) groups excluding carboxylic acids is 1. The molecule has 0 spiro atoms. The Bertz CT molecular complexity index is 601. The van der Waals surface area contributed by atoms with Gasteiger partial charge in [-0.1, -0.05) is 49.4 Å². The summed E-state index contributed by atoms with van der Waals surface area (Å²) in [6.45, 7) is 3.92. The largest absolute Gasteiger partial charge is 1.00 e. The van der Waals surface area contributed by atoms with E-state index in [0.29, 0.717) is 0 Å². The molecule has 0 bridgehead atoms. The maximum absolute atomic E-state index is 11.1. The van der Waals surface area contributed by atoms with Crippen LogP contribution in [0.2, 0.25) is 0 Å². The van der Waals surface area contributed by atoms with Gasteiger partial charge in [-0.05, 0) is 36.1 Å². The predicted octanol–water partition coefficient (Wildman–Crippen LogP) is 0.938. The Balaban J connectivity index is 0.00000264. The van der Waals surface area contributed by atoms with Crippen LogP contribution in [0.4, 0.5) is 0 Å². The van der Waals surface area contributed by atoms with Crippen LogP contribution in [0.25, 0.3) is 0 Å².